The molecule has 0 atom stereocenters. The van der Waals surface area contributed by atoms with Gasteiger partial charge in [0.25, 0.3) is 0 Å². The van der Waals surface area contributed by atoms with Crippen molar-refractivity contribution in [2.45, 2.75) is 6.92 Å². The summed E-state index contributed by atoms with van der Waals surface area (Å²) in [5.74, 6) is 0.490. The maximum atomic E-state index is 10.5. The van der Waals surface area contributed by atoms with Crippen LogP contribution in [0.5, 0.6) is 0 Å². The van der Waals surface area contributed by atoms with E-state index in [0.717, 1.165) is 26.6 Å². The van der Waals surface area contributed by atoms with Gasteiger partial charge in [-0.2, -0.15) is 0 Å². The zero-order valence-electron chi connectivity index (χ0n) is 12.0. The largest absolute Gasteiger partial charge is 0.490 e. The van der Waals surface area contributed by atoms with E-state index in [0.29, 0.717) is 11.6 Å². The molecule has 23 heavy (non-hydrogen) atoms. The Hall–Kier alpha value is -3.47. The molecule has 0 radical (unpaired) electrons. The van der Waals surface area contributed by atoms with E-state index in [4.69, 9.17) is 0 Å². The quantitative estimate of drug-likeness (QED) is 0.346. The van der Waals surface area contributed by atoms with Gasteiger partial charge in [-0.25, -0.2) is 9.97 Å². The van der Waals surface area contributed by atoms with E-state index in [2.05, 4.69) is 36.5 Å². The first-order valence-corrected chi connectivity index (χ1v) is 7.39. The standard InChI is InChI=1S/C16H12BrN4O.Fm/c1-10-5-6-12(7-14(10)19-9-22)20-16-18-8-11-3-2-4-13(17)15(11)21-16;/h2-8H,1H3,(H,19,22)(H,18,20,21);/q-1;. The molecule has 1 heterocycles. The summed E-state index contributed by atoms with van der Waals surface area (Å²) in [7, 11) is 0. The first-order chi connectivity index (χ1) is 10.7. The second kappa shape index (κ2) is 6.53. The minimum atomic E-state index is 0. The number of nitrogens with zero attached hydrogens (tertiary/aromatic N) is 2. The maximum Gasteiger partial charge on any atom is 0.227 e. The number of carbonyl (C=O) groups excluding carboxylic acids is 1. The minimum Gasteiger partial charge on any atom is -0.490 e. The van der Waals surface area contributed by atoms with Crippen LogP contribution in [0.1, 0.15) is 5.56 Å². The molecule has 1 aromatic heterocycles. The molecule has 0 spiro atoms. The number of aromatic nitrogens is 2. The molecule has 0 fully saturated rings. The van der Waals surface area contributed by atoms with Crippen LogP contribution in [0.2, 0.25) is 0 Å². The molecule has 7 heteroatoms. The van der Waals surface area contributed by atoms with Crippen LogP contribution in [0.15, 0.2) is 47.1 Å². The molecule has 0 unspecified atom stereocenters. The molecule has 5 nitrogen and oxygen atoms in total. The number of amides is 1. The van der Waals surface area contributed by atoms with Crippen LogP contribution in [0.25, 0.3) is 10.9 Å². The van der Waals surface area contributed by atoms with Gasteiger partial charge in [0.2, 0.25) is 5.95 Å². The molecule has 0 aliphatic rings. The van der Waals surface area contributed by atoms with E-state index < -0.39 is 0 Å². The average Bonchev–Trinajstić information content (AvgIpc) is 2.52. The van der Waals surface area contributed by atoms with Crippen molar-refractivity contribution in [3.8, 4) is 0 Å². The van der Waals surface area contributed by atoms with Gasteiger partial charge in [0.05, 0.1) is 11.9 Å². The zero-order chi connectivity index (χ0) is 15.5. The Morgan fingerprint density at radius 1 is 1.22 bits per heavy atom. The van der Waals surface area contributed by atoms with Crippen LogP contribution in [-0.4, -0.2) is 16.4 Å². The van der Waals surface area contributed by atoms with E-state index in [9.17, 15) is 4.79 Å². The van der Waals surface area contributed by atoms with Crippen molar-refractivity contribution in [1.82, 2.24) is 9.97 Å². The number of aryl methyl sites for hydroxylation is 1. The third-order valence-corrected chi connectivity index (χ3v) is 3.88. The van der Waals surface area contributed by atoms with Gasteiger partial charge in [-0.05, 0) is 28.1 Å². The summed E-state index contributed by atoms with van der Waals surface area (Å²) in [4.78, 5) is 19.3. The Balaban J connectivity index is 0.00000192. The third kappa shape index (κ3) is 3.24. The van der Waals surface area contributed by atoms with Crippen LogP contribution >= 0.6 is 15.9 Å². The van der Waals surface area contributed by atoms with Gasteiger partial charge in [-0.3, -0.25) is 0 Å². The Bertz CT molecular complexity index is 857. The number of fused-ring (bicyclic) bond motifs is 1. The van der Waals surface area contributed by atoms with Gasteiger partial charge in [0, 0.05) is 21.7 Å². The number of halogens is 1. The second-order valence-electron chi connectivity index (χ2n) is 4.75. The van der Waals surface area contributed by atoms with Crippen molar-refractivity contribution in [2.75, 3.05) is 10.6 Å². The SMILES string of the molecule is Cc1ccc(Nc2ncc3cccc(Br)c3n2)cc1N[C-]=O.[Fm]. The molecule has 0 aliphatic carbocycles. The topological polar surface area (TPSA) is 66.9 Å². The number of hydrogen-bond donors (Lipinski definition) is 2. The summed E-state index contributed by atoms with van der Waals surface area (Å²) >= 11 is 3.49. The van der Waals surface area contributed by atoms with Gasteiger partial charge in [0.15, 0.2) is 0 Å². The molecule has 1 amide bonds. The minimum absolute atomic E-state index is 0. The smallest absolute Gasteiger partial charge is 0.227 e. The summed E-state index contributed by atoms with van der Waals surface area (Å²) < 4.78 is 0.914. The van der Waals surface area contributed by atoms with Gasteiger partial charge in [-0.15, -0.1) is 11.3 Å². The van der Waals surface area contributed by atoms with Crippen molar-refractivity contribution in [1.29, 1.82) is 0 Å². The van der Waals surface area contributed by atoms with E-state index >= 15 is 0 Å². The van der Waals surface area contributed by atoms with E-state index in [1.54, 1.807) is 12.6 Å². The van der Waals surface area contributed by atoms with Gasteiger partial charge in [-0.1, -0.05) is 31.2 Å². The predicted molar refractivity (Wildman–Crippen MR) is 91.0 cm³/mol. The number of rotatable bonds is 4. The van der Waals surface area contributed by atoms with E-state index in [-0.39, 0.29) is 0 Å². The Labute approximate surface area is 135 Å². The van der Waals surface area contributed by atoms with Gasteiger partial charge in [0.1, 0.15) is 0 Å². The van der Waals surface area contributed by atoms with Crippen molar-refractivity contribution in [2.24, 2.45) is 0 Å². The number of para-hydroxylation sites is 1. The molecular weight excluding hydrogens is 601 g/mol. The van der Waals surface area contributed by atoms with Crippen LogP contribution in [0.3, 0.4) is 0 Å². The number of hydrogen-bond acceptors (Lipinski definition) is 4. The second-order valence-corrected chi connectivity index (χ2v) is 5.61. The maximum absolute atomic E-state index is 10.5. The third-order valence-electron chi connectivity index (χ3n) is 3.24. The fourth-order valence-corrected chi connectivity index (χ4v) is 2.57. The fraction of sp³-hybridized carbons (Fsp3) is 0.0625. The van der Waals surface area contributed by atoms with Crippen LogP contribution < -0.4 is 10.6 Å². The van der Waals surface area contributed by atoms with Crippen molar-refractivity contribution in [3.05, 3.63) is 52.6 Å². The van der Waals surface area contributed by atoms with Crippen LogP contribution in [0.4, 0.5) is 17.3 Å². The van der Waals surface area contributed by atoms with Crippen LogP contribution in [0, 0.1) is 6.92 Å². The first-order valence-electron chi connectivity index (χ1n) is 6.59. The average molecular weight is 613 g/mol. The fourth-order valence-electron chi connectivity index (χ4n) is 2.10. The summed E-state index contributed by atoms with van der Waals surface area (Å²) in [6, 6.07) is 11.5. The van der Waals surface area contributed by atoms with Crippen LogP contribution in [-0.2, 0) is 4.79 Å². The molecule has 0 bridgehead atoms. The molecule has 122 valence electrons. The van der Waals surface area contributed by atoms with E-state index in [1.807, 2.05) is 43.3 Å². The predicted octanol–water partition coefficient (Wildman–Crippen LogP) is 3.92. The Kier molecular flexibility index (Phi) is 4.52. The van der Waals surface area contributed by atoms with Crippen molar-refractivity contribution in [3.63, 3.8) is 0 Å². The number of benzene rings is 2. The molecular formula is C16H12BrFmN4O-. The first kappa shape index (κ1) is 15.9. The normalized spacial score (nSPS) is 10.0. The van der Waals surface area contributed by atoms with E-state index in [1.165, 1.54) is 0 Å². The summed E-state index contributed by atoms with van der Waals surface area (Å²) in [5.41, 5.74) is 3.28. The molecule has 0 saturated carbocycles. The Morgan fingerprint density at radius 3 is 2.83 bits per heavy atom. The summed E-state index contributed by atoms with van der Waals surface area (Å²) in [5, 5.41) is 6.64. The van der Waals surface area contributed by atoms with Crippen molar-refractivity contribution >= 4 is 50.6 Å². The van der Waals surface area contributed by atoms with Gasteiger partial charge < -0.3 is 15.4 Å². The van der Waals surface area contributed by atoms with Gasteiger partial charge >= 0.3 is 0 Å². The molecule has 2 aromatic carbocycles. The molecule has 0 aliphatic heterocycles. The number of nitrogens with one attached hydrogen (secondary N) is 2. The van der Waals surface area contributed by atoms with Crippen molar-refractivity contribution < 1.29 is 4.79 Å². The summed E-state index contributed by atoms with van der Waals surface area (Å²) in [6.07, 6.45) is 3.45. The zero-order valence-corrected chi connectivity index (χ0v) is 16.0. The summed E-state index contributed by atoms with van der Waals surface area (Å²) in [6.45, 7) is 1.91. The molecule has 3 rings (SSSR count). The molecule has 0 saturated heterocycles. The number of anilines is 3. The molecule has 3 aromatic rings. The molecule has 2 N–H and O–H groups in total. The Morgan fingerprint density at radius 2 is 2.04 bits per heavy atom. The monoisotopic (exact) mass is 612 g/mol.